The van der Waals surface area contributed by atoms with Crippen LogP contribution in [-0.4, -0.2) is 60.2 Å². The number of sulfonamides is 1. The number of aryl methyl sites for hydroxylation is 1. The molecule has 1 fully saturated rings. The normalized spacial score (nSPS) is 17.3. The van der Waals surface area contributed by atoms with Gasteiger partial charge in [-0.25, -0.2) is 13.1 Å². The Morgan fingerprint density at radius 1 is 1.19 bits per heavy atom. The van der Waals surface area contributed by atoms with Gasteiger partial charge in [0.25, 0.3) is 0 Å². The molecule has 1 aromatic heterocycles. The summed E-state index contributed by atoms with van der Waals surface area (Å²) in [4.78, 5) is 16.9. The molecule has 0 bridgehead atoms. The highest BCUT2D eigenvalue weighted by atomic mass is 32.2. The Bertz CT molecular complexity index is 1190. The van der Waals surface area contributed by atoms with Crippen molar-refractivity contribution in [2.45, 2.75) is 31.2 Å². The topological polar surface area (TPSA) is 95.5 Å². The first kappa shape index (κ1) is 21.7. The number of carbonyl (C=O) groups is 1. The summed E-state index contributed by atoms with van der Waals surface area (Å²) in [5.41, 5.74) is 3.27. The van der Waals surface area contributed by atoms with Crippen LogP contribution in [0.2, 0.25) is 0 Å². The van der Waals surface area contributed by atoms with Crippen LogP contribution in [0.15, 0.2) is 47.4 Å². The number of amides is 1. The van der Waals surface area contributed by atoms with E-state index in [1.54, 1.807) is 12.1 Å². The van der Waals surface area contributed by atoms with Crippen LogP contribution in [0.3, 0.4) is 0 Å². The first-order chi connectivity index (χ1) is 14.8. The summed E-state index contributed by atoms with van der Waals surface area (Å²) in [6.07, 6.45) is 0.113. The van der Waals surface area contributed by atoms with Gasteiger partial charge in [0.15, 0.2) is 0 Å². The van der Waals surface area contributed by atoms with Gasteiger partial charge in [0.2, 0.25) is 15.9 Å². The van der Waals surface area contributed by atoms with Crippen molar-refractivity contribution in [3.63, 3.8) is 0 Å². The van der Waals surface area contributed by atoms with E-state index < -0.39 is 10.0 Å². The van der Waals surface area contributed by atoms with Crippen LogP contribution in [0, 0.1) is 6.92 Å². The first-order valence-electron chi connectivity index (χ1n) is 10.2. The minimum absolute atomic E-state index is 0.0432. The smallest absolute Gasteiger partial charge is 0.242 e. The molecule has 1 atom stereocenters. The zero-order valence-electron chi connectivity index (χ0n) is 17.5. The van der Waals surface area contributed by atoms with Crippen LogP contribution in [0.4, 0.5) is 5.69 Å². The van der Waals surface area contributed by atoms with E-state index in [1.807, 2.05) is 11.0 Å². The molecule has 0 aliphatic carbocycles. The molecule has 0 spiro atoms. The number of nitrogens with zero attached hydrogens (tertiary/aromatic N) is 4. The van der Waals surface area contributed by atoms with Crippen molar-refractivity contribution >= 4 is 44.4 Å². The number of anilines is 1. The summed E-state index contributed by atoms with van der Waals surface area (Å²) < 4.78 is 36.0. The summed E-state index contributed by atoms with van der Waals surface area (Å²) in [5.74, 6) is -0.0491. The number of carbonyl (C=O) groups excluding carboxylic acids is 1. The number of piperazine rings is 1. The molecule has 1 aliphatic rings. The fraction of sp³-hybridized carbons (Fsp3) is 0.381. The quantitative estimate of drug-likeness (QED) is 0.608. The third-order valence-corrected chi connectivity index (χ3v) is 7.52. The summed E-state index contributed by atoms with van der Waals surface area (Å²) in [7, 11) is -3.77. The molecular formula is C21H25N5O3S2. The van der Waals surface area contributed by atoms with Crippen LogP contribution in [0.1, 0.15) is 18.9 Å². The third-order valence-electron chi connectivity index (χ3n) is 5.48. The van der Waals surface area contributed by atoms with Crippen molar-refractivity contribution in [2.75, 3.05) is 31.1 Å². The number of nitrogens with one attached hydrogen (secondary N) is 1. The SMILES string of the molecule is Cc1cccc(N2CCN(C(=O)CCNS(=O)(=O)c3cccc4nsnc34)C[C@@H]2C)c1. The van der Waals surface area contributed by atoms with Gasteiger partial charge in [-0.2, -0.15) is 8.75 Å². The molecule has 1 N–H and O–H groups in total. The number of hydrogen-bond acceptors (Lipinski definition) is 7. The number of hydrogen-bond donors (Lipinski definition) is 1. The summed E-state index contributed by atoms with van der Waals surface area (Å²) in [6.45, 7) is 6.20. The average molecular weight is 460 g/mol. The number of fused-ring (bicyclic) bond motifs is 1. The Hall–Kier alpha value is -2.56. The fourth-order valence-electron chi connectivity index (χ4n) is 3.90. The number of aromatic nitrogens is 2. The van der Waals surface area contributed by atoms with Gasteiger partial charge in [0, 0.05) is 44.3 Å². The molecule has 4 rings (SSSR count). The van der Waals surface area contributed by atoms with E-state index in [9.17, 15) is 13.2 Å². The maximum Gasteiger partial charge on any atom is 0.242 e. The van der Waals surface area contributed by atoms with Crippen molar-refractivity contribution in [1.82, 2.24) is 18.4 Å². The van der Waals surface area contributed by atoms with Gasteiger partial charge in [0.05, 0.1) is 11.7 Å². The molecule has 2 heterocycles. The van der Waals surface area contributed by atoms with E-state index >= 15 is 0 Å². The third kappa shape index (κ3) is 4.70. The highest BCUT2D eigenvalue weighted by molar-refractivity contribution is 7.89. The lowest BCUT2D eigenvalue weighted by Gasteiger charge is -2.41. The van der Waals surface area contributed by atoms with Crippen molar-refractivity contribution in [1.29, 1.82) is 0 Å². The van der Waals surface area contributed by atoms with Gasteiger partial charge < -0.3 is 9.80 Å². The van der Waals surface area contributed by atoms with Gasteiger partial charge in [-0.15, -0.1) is 0 Å². The lowest BCUT2D eigenvalue weighted by Crippen LogP contribution is -2.54. The number of benzene rings is 2. The Labute approximate surface area is 186 Å². The molecule has 0 saturated carbocycles. The monoisotopic (exact) mass is 459 g/mol. The Kier molecular flexibility index (Phi) is 6.22. The van der Waals surface area contributed by atoms with Crippen LogP contribution in [-0.2, 0) is 14.8 Å². The summed E-state index contributed by atoms with van der Waals surface area (Å²) in [6, 6.07) is 13.4. The maximum atomic E-state index is 12.7. The minimum atomic E-state index is -3.77. The summed E-state index contributed by atoms with van der Waals surface area (Å²) in [5, 5.41) is 0. The molecule has 0 unspecified atom stereocenters. The van der Waals surface area contributed by atoms with Gasteiger partial charge in [-0.1, -0.05) is 18.2 Å². The fourth-order valence-corrected chi connectivity index (χ4v) is 5.70. The van der Waals surface area contributed by atoms with Crippen molar-refractivity contribution in [3.8, 4) is 0 Å². The molecule has 1 saturated heterocycles. The molecule has 1 aliphatic heterocycles. The van der Waals surface area contributed by atoms with E-state index in [4.69, 9.17) is 0 Å². The molecule has 31 heavy (non-hydrogen) atoms. The van der Waals surface area contributed by atoms with Crippen molar-refractivity contribution in [2.24, 2.45) is 0 Å². The van der Waals surface area contributed by atoms with Gasteiger partial charge in [-0.05, 0) is 43.7 Å². The van der Waals surface area contributed by atoms with Crippen LogP contribution in [0.25, 0.3) is 11.0 Å². The van der Waals surface area contributed by atoms with E-state index in [0.717, 1.165) is 24.0 Å². The first-order valence-corrected chi connectivity index (χ1v) is 12.4. The predicted molar refractivity (Wildman–Crippen MR) is 122 cm³/mol. The minimum Gasteiger partial charge on any atom is -0.365 e. The summed E-state index contributed by atoms with van der Waals surface area (Å²) >= 11 is 0.973. The Morgan fingerprint density at radius 2 is 2.00 bits per heavy atom. The van der Waals surface area contributed by atoms with Crippen LogP contribution in [0.5, 0.6) is 0 Å². The van der Waals surface area contributed by atoms with Crippen LogP contribution < -0.4 is 9.62 Å². The Morgan fingerprint density at radius 3 is 2.77 bits per heavy atom. The predicted octanol–water partition coefficient (Wildman–Crippen LogP) is 2.41. The van der Waals surface area contributed by atoms with Gasteiger partial charge in [-0.3, -0.25) is 4.79 Å². The van der Waals surface area contributed by atoms with Crippen molar-refractivity contribution in [3.05, 3.63) is 48.0 Å². The second-order valence-electron chi connectivity index (χ2n) is 7.76. The van der Waals surface area contributed by atoms with E-state index in [0.29, 0.717) is 24.1 Å². The largest absolute Gasteiger partial charge is 0.365 e. The highest BCUT2D eigenvalue weighted by Crippen LogP contribution is 2.23. The standard InChI is InChI=1S/C21H25N5O3S2/c1-15-5-3-6-17(13-15)26-12-11-25(14-16(26)2)20(27)9-10-22-31(28,29)19-8-4-7-18-21(19)24-30-23-18/h3-8,13,16,22H,9-12,14H2,1-2H3/t16-/m0/s1. The second kappa shape index (κ2) is 8.89. The van der Waals surface area contributed by atoms with Gasteiger partial charge >= 0.3 is 0 Å². The zero-order chi connectivity index (χ0) is 22.0. The molecule has 10 heteroatoms. The molecule has 1 amide bonds. The molecule has 3 aromatic rings. The lowest BCUT2D eigenvalue weighted by molar-refractivity contribution is -0.131. The van der Waals surface area contributed by atoms with Gasteiger partial charge in [0.1, 0.15) is 15.9 Å². The Balaban J connectivity index is 1.33. The highest BCUT2D eigenvalue weighted by Gasteiger charge is 2.27. The lowest BCUT2D eigenvalue weighted by atomic mass is 10.1. The molecule has 2 aromatic carbocycles. The molecule has 0 radical (unpaired) electrons. The number of rotatable bonds is 6. The van der Waals surface area contributed by atoms with E-state index in [2.05, 4.69) is 50.4 Å². The van der Waals surface area contributed by atoms with Crippen LogP contribution >= 0.6 is 11.7 Å². The second-order valence-corrected chi connectivity index (χ2v) is 10.0. The average Bonchev–Trinajstić information content (AvgIpc) is 3.22. The van der Waals surface area contributed by atoms with E-state index in [-0.39, 0.29) is 29.8 Å². The molecule has 164 valence electrons. The van der Waals surface area contributed by atoms with Crippen molar-refractivity contribution < 1.29 is 13.2 Å². The zero-order valence-corrected chi connectivity index (χ0v) is 19.1. The maximum absolute atomic E-state index is 12.7. The molecular weight excluding hydrogens is 434 g/mol. The van der Waals surface area contributed by atoms with E-state index in [1.165, 1.54) is 11.6 Å². The molecule has 8 nitrogen and oxygen atoms in total.